The molecule has 1 saturated carbocycles. The lowest BCUT2D eigenvalue weighted by Gasteiger charge is -2.27. The van der Waals surface area contributed by atoms with Crippen molar-refractivity contribution in [3.05, 3.63) is 71.7 Å². The molecular formula is C34H38N6O2. The Morgan fingerprint density at radius 1 is 1.07 bits per heavy atom. The Labute approximate surface area is 246 Å². The predicted molar refractivity (Wildman–Crippen MR) is 164 cm³/mol. The number of aliphatic imine (C=N–C) groups is 1. The largest absolute Gasteiger partial charge is 0.444 e. The van der Waals surface area contributed by atoms with Crippen molar-refractivity contribution in [1.82, 2.24) is 25.5 Å². The van der Waals surface area contributed by atoms with Gasteiger partial charge < -0.3 is 20.4 Å². The van der Waals surface area contributed by atoms with Crippen molar-refractivity contribution in [2.24, 2.45) is 10.9 Å². The molecule has 8 rings (SSSR count). The molecule has 3 N–H and O–H groups in total. The Morgan fingerprint density at radius 3 is 2.64 bits per heavy atom. The second-order valence-electron chi connectivity index (χ2n) is 13.5. The minimum absolute atomic E-state index is 0.0914. The van der Waals surface area contributed by atoms with E-state index >= 15 is 0 Å². The van der Waals surface area contributed by atoms with Gasteiger partial charge in [-0.2, -0.15) is 0 Å². The zero-order valence-electron chi connectivity index (χ0n) is 24.5. The number of aromatic nitrogens is 2. The number of hydrogen-bond donors (Lipinski definition) is 3. The van der Waals surface area contributed by atoms with E-state index in [-0.39, 0.29) is 29.8 Å². The van der Waals surface area contributed by atoms with Gasteiger partial charge in [0, 0.05) is 6.54 Å². The fourth-order valence-corrected chi connectivity index (χ4v) is 7.35. The standard InChI is InChI=1S/C34H38N6O2/c1-33(2,3)42-32(41)40-16-4-5-28(40)30-35-19-27(37-30)21-8-6-20(7-9-21)22-10-12-25-23(17-22)11-13-26-29(25)39-31(38-26)34-18-24(34)14-15-36-34/h6-13,17,19,24,26,28-29,36H,4-5,14-16,18H2,1-3H3,(H,35,37)(H,38,39)/t24-,26?,28-,29?,34+/m0/s1. The average molecular weight is 563 g/mol. The van der Waals surface area contributed by atoms with Gasteiger partial charge in [0.2, 0.25) is 0 Å². The van der Waals surface area contributed by atoms with E-state index in [0.717, 1.165) is 42.4 Å². The van der Waals surface area contributed by atoms with E-state index in [2.05, 4.69) is 75.2 Å². The first-order valence-corrected chi connectivity index (χ1v) is 15.3. The fraction of sp³-hybridized carbons (Fsp3) is 0.441. The fourth-order valence-electron chi connectivity index (χ4n) is 7.35. The van der Waals surface area contributed by atoms with Gasteiger partial charge in [-0.25, -0.2) is 9.78 Å². The van der Waals surface area contributed by atoms with Gasteiger partial charge in [-0.3, -0.25) is 9.89 Å². The molecule has 8 heteroatoms. The topological polar surface area (TPSA) is 94.6 Å². The lowest BCUT2D eigenvalue weighted by atomic mass is 9.88. The molecule has 8 nitrogen and oxygen atoms in total. The van der Waals surface area contributed by atoms with Crippen molar-refractivity contribution in [3.8, 4) is 22.4 Å². The van der Waals surface area contributed by atoms with Crippen LogP contribution in [-0.2, 0) is 4.74 Å². The van der Waals surface area contributed by atoms with Gasteiger partial charge in [-0.15, -0.1) is 0 Å². The molecule has 0 radical (unpaired) electrons. The van der Waals surface area contributed by atoms with Crippen molar-refractivity contribution in [2.45, 2.75) is 75.7 Å². The zero-order valence-corrected chi connectivity index (χ0v) is 24.5. The Kier molecular flexibility index (Phi) is 5.70. The maximum atomic E-state index is 12.8. The van der Waals surface area contributed by atoms with Gasteiger partial charge in [-0.1, -0.05) is 48.6 Å². The van der Waals surface area contributed by atoms with Gasteiger partial charge in [-0.05, 0) is 92.8 Å². The van der Waals surface area contributed by atoms with Crippen molar-refractivity contribution < 1.29 is 9.53 Å². The summed E-state index contributed by atoms with van der Waals surface area (Å²) in [5.74, 6) is 2.73. The number of carbonyl (C=O) groups is 1. The van der Waals surface area contributed by atoms with Crippen LogP contribution in [0.25, 0.3) is 28.5 Å². The number of fused-ring (bicyclic) bond motifs is 4. The molecule has 1 amide bonds. The number of ether oxygens (including phenoxy) is 1. The van der Waals surface area contributed by atoms with Crippen molar-refractivity contribution in [2.75, 3.05) is 13.1 Å². The number of amidine groups is 1. The normalized spacial score (nSPS) is 29.0. The highest BCUT2D eigenvalue weighted by atomic mass is 16.6. The van der Waals surface area contributed by atoms with E-state index in [1.165, 1.54) is 40.9 Å². The molecule has 42 heavy (non-hydrogen) atoms. The molecule has 2 unspecified atom stereocenters. The Balaban J connectivity index is 0.988. The summed E-state index contributed by atoms with van der Waals surface area (Å²) in [6, 6.07) is 15.7. The first-order chi connectivity index (χ1) is 20.3. The molecule has 3 aromatic rings. The summed E-state index contributed by atoms with van der Waals surface area (Å²) in [6.07, 6.45) is 10.4. The van der Waals surface area contributed by atoms with Crippen LogP contribution in [0.3, 0.4) is 0 Å². The molecule has 0 bridgehead atoms. The summed E-state index contributed by atoms with van der Waals surface area (Å²) in [5, 5.41) is 7.44. The van der Waals surface area contributed by atoms with Crippen LogP contribution in [-0.4, -0.2) is 57.1 Å². The highest BCUT2D eigenvalue weighted by Crippen LogP contribution is 2.52. The van der Waals surface area contributed by atoms with E-state index in [1.807, 2.05) is 27.0 Å². The number of imidazole rings is 1. The second-order valence-corrected chi connectivity index (χ2v) is 13.5. The van der Waals surface area contributed by atoms with Crippen LogP contribution in [0.4, 0.5) is 4.79 Å². The first-order valence-electron chi connectivity index (χ1n) is 15.3. The summed E-state index contributed by atoms with van der Waals surface area (Å²) >= 11 is 0. The third-order valence-corrected chi connectivity index (χ3v) is 9.58. The van der Waals surface area contributed by atoms with Crippen LogP contribution < -0.4 is 10.6 Å². The van der Waals surface area contributed by atoms with Gasteiger partial charge >= 0.3 is 6.09 Å². The number of nitrogens with one attached hydrogen (secondary N) is 3. The number of carbonyl (C=O) groups excluding carboxylic acids is 1. The SMILES string of the molecule is CC(C)(C)OC(=O)N1CCC[C@H]1c1ncc(-c2ccc(-c3ccc4c(c3)C=CC3NC([C@@]56C[C@@H]5CCN6)=NC43)cc2)[nH]1. The Morgan fingerprint density at radius 2 is 1.88 bits per heavy atom. The van der Waals surface area contributed by atoms with Gasteiger partial charge in [0.1, 0.15) is 23.3 Å². The molecular weight excluding hydrogens is 524 g/mol. The molecule has 3 aliphatic heterocycles. The molecule has 2 saturated heterocycles. The van der Waals surface area contributed by atoms with Crippen LogP contribution in [0.1, 0.15) is 75.5 Å². The number of benzene rings is 2. The number of H-pyrrole nitrogens is 1. The summed E-state index contributed by atoms with van der Waals surface area (Å²) < 4.78 is 5.64. The number of rotatable bonds is 4. The maximum absolute atomic E-state index is 12.8. The number of likely N-dealkylation sites (tertiary alicyclic amines) is 1. The van der Waals surface area contributed by atoms with Crippen LogP contribution in [0, 0.1) is 5.92 Å². The van der Waals surface area contributed by atoms with E-state index in [4.69, 9.17) is 9.73 Å². The van der Waals surface area contributed by atoms with Crippen LogP contribution in [0.15, 0.2) is 59.7 Å². The van der Waals surface area contributed by atoms with E-state index in [9.17, 15) is 4.79 Å². The van der Waals surface area contributed by atoms with Crippen LogP contribution in [0.5, 0.6) is 0 Å². The number of amides is 1. The first kappa shape index (κ1) is 25.8. The Hall–Kier alpha value is -3.91. The number of hydrogen-bond acceptors (Lipinski definition) is 6. The lowest BCUT2D eigenvalue weighted by Crippen LogP contribution is -2.45. The monoisotopic (exact) mass is 562 g/mol. The summed E-state index contributed by atoms with van der Waals surface area (Å²) in [6.45, 7) is 7.48. The van der Waals surface area contributed by atoms with Crippen molar-refractivity contribution in [3.63, 3.8) is 0 Å². The zero-order chi connectivity index (χ0) is 28.6. The average Bonchev–Trinajstić information content (AvgIpc) is 3.57. The second kappa shape index (κ2) is 9.30. The third kappa shape index (κ3) is 4.26. The smallest absolute Gasteiger partial charge is 0.410 e. The molecule has 0 spiro atoms. The number of nitrogens with zero attached hydrogens (tertiary/aromatic N) is 3. The summed E-state index contributed by atoms with van der Waals surface area (Å²) in [4.78, 5) is 27.9. The molecule has 3 fully saturated rings. The Bertz CT molecular complexity index is 1620. The van der Waals surface area contributed by atoms with E-state index in [0.29, 0.717) is 6.54 Å². The molecule has 5 aliphatic rings. The third-order valence-electron chi connectivity index (χ3n) is 9.58. The predicted octanol–water partition coefficient (Wildman–Crippen LogP) is 6.01. The summed E-state index contributed by atoms with van der Waals surface area (Å²) in [7, 11) is 0. The molecule has 5 atom stereocenters. The van der Waals surface area contributed by atoms with Gasteiger partial charge in [0.15, 0.2) is 0 Å². The number of aromatic amines is 1. The molecule has 4 heterocycles. The highest BCUT2D eigenvalue weighted by Gasteiger charge is 2.62. The highest BCUT2D eigenvalue weighted by molar-refractivity contribution is 5.98. The van der Waals surface area contributed by atoms with Crippen LogP contribution >= 0.6 is 0 Å². The minimum atomic E-state index is -0.519. The van der Waals surface area contributed by atoms with Gasteiger partial charge in [0.05, 0.1) is 29.5 Å². The molecule has 2 aliphatic carbocycles. The maximum Gasteiger partial charge on any atom is 0.410 e. The van der Waals surface area contributed by atoms with Crippen molar-refractivity contribution >= 4 is 18.0 Å². The van der Waals surface area contributed by atoms with E-state index in [1.54, 1.807) is 4.90 Å². The molecule has 216 valence electrons. The summed E-state index contributed by atoms with van der Waals surface area (Å²) in [5.41, 5.74) is 6.54. The van der Waals surface area contributed by atoms with E-state index < -0.39 is 5.60 Å². The van der Waals surface area contributed by atoms with Crippen molar-refractivity contribution in [1.29, 1.82) is 0 Å². The molecule has 2 aromatic carbocycles. The van der Waals surface area contributed by atoms with Crippen LogP contribution in [0.2, 0.25) is 0 Å². The van der Waals surface area contributed by atoms with Gasteiger partial charge in [0.25, 0.3) is 0 Å². The lowest BCUT2D eigenvalue weighted by molar-refractivity contribution is 0.0218. The number of piperidine rings is 1. The molecule has 1 aromatic heterocycles. The minimum Gasteiger partial charge on any atom is -0.444 e. The quantitative estimate of drug-likeness (QED) is 0.362.